The Hall–Kier alpha value is -0.980. The molecular weight excluding hydrogens is 322 g/mol. The van der Waals surface area contributed by atoms with E-state index in [0.717, 1.165) is 32.7 Å². The molecule has 3 aliphatic heterocycles. The first kappa shape index (κ1) is 16.5. The Bertz CT molecular complexity index is 539. The van der Waals surface area contributed by atoms with Crippen molar-refractivity contribution < 1.29 is 9.53 Å². The number of nitrogens with zero attached hydrogens (tertiary/aromatic N) is 3. The van der Waals surface area contributed by atoms with Gasteiger partial charge in [-0.05, 0) is 50.6 Å². The summed E-state index contributed by atoms with van der Waals surface area (Å²) in [5.41, 5.74) is 0.475. The van der Waals surface area contributed by atoms with Crippen molar-refractivity contribution >= 4 is 17.2 Å². The lowest BCUT2D eigenvalue weighted by molar-refractivity contribution is -0.138. The third-order valence-corrected chi connectivity index (χ3v) is 6.94. The number of rotatable bonds is 3. The van der Waals surface area contributed by atoms with Crippen molar-refractivity contribution in [2.75, 3.05) is 39.4 Å². The normalized spacial score (nSPS) is 27.7. The minimum atomic E-state index is 0.124. The third kappa shape index (κ3) is 3.51. The number of aromatic nitrogens is 1. The lowest BCUT2D eigenvalue weighted by Crippen LogP contribution is -2.49. The zero-order valence-corrected chi connectivity index (χ0v) is 15.1. The number of ether oxygens (including phenoxy) is 1. The standard InChI is InChI=1S/C18H27N3O2S/c22-17(15-1-11-23-14-15)21-9-4-18(5-10-21)2-7-20(8-3-18)13-16-19-6-12-24-16/h6,12,15H,1-5,7-11,13-14H2/t15-/m0/s1. The Labute approximate surface area is 148 Å². The first-order chi connectivity index (χ1) is 11.7. The van der Waals surface area contributed by atoms with Gasteiger partial charge in [-0.1, -0.05) is 0 Å². The van der Waals surface area contributed by atoms with E-state index in [2.05, 4.69) is 20.2 Å². The monoisotopic (exact) mass is 349 g/mol. The predicted octanol–water partition coefficient (Wildman–Crippen LogP) is 2.38. The Morgan fingerprint density at radius 2 is 2.00 bits per heavy atom. The maximum Gasteiger partial charge on any atom is 0.228 e. The molecule has 4 rings (SSSR count). The quantitative estimate of drug-likeness (QED) is 0.841. The molecule has 1 aromatic rings. The molecule has 132 valence electrons. The van der Waals surface area contributed by atoms with Crippen molar-refractivity contribution in [1.29, 1.82) is 0 Å². The molecular formula is C18H27N3O2S. The van der Waals surface area contributed by atoms with Crippen LogP contribution in [0.2, 0.25) is 0 Å². The van der Waals surface area contributed by atoms with Crippen LogP contribution in [0.3, 0.4) is 0 Å². The van der Waals surface area contributed by atoms with Gasteiger partial charge in [0, 0.05) is 31.3 Å². The van der Waals surface area contributed by atoms with Gasteiger partial charge in [-0.3, -0.25) is 9.69 Å². The van der Waals surface area contributed by atoms with Gasteiger partial charge in [0.15, 0.2) is 0 Å². The van der Waals surface area contributed by atoms with E-state index in [4.69, 9.17) is 4.74 Å². The molecule has 3 aliphatic rings. The fourth-order valence-electron chi connectivity index (χ4n) is 4.40. The number of hydrogen-bond acceptors (Lipinski definition) is 5. The summed E-state index contributed by atoms with van der Waals surface area (Å²) < 4.78 is 5.38. The summed E-state index contributed by atoms with van der Waals surface area (Å²) in [6, 6.07) is 0. The molecule has 6 heteroatoms. The highest BCUT2D eigenvalue weighted by Crippen LogP contribution is 2.41. The maximum absolute atomic E-state index is 12.5. The van der Waals surface area contributed by atoms with E-state index in [-0.39, 0.29) is 5.92 Å². The second kappa shape index (κ2) is 7.10. The molecule has 0 N–H and O–H groups in total. The third-order valence-electron chi connectivity index (χ3n) is 6.17. The molecule has 24 heavy (non-hydrogen) atoms. The van der Waals surface area contributed by atoms with Crippen LogP contribution >= 0.6 is 11.3 Å². The first-order valence-electron chi connectivity index (χ1n) is 9.21. The lowest BCUT2D eigenvalue weighted by Gasteiger charge is -2.47. The molecule has 5 nitrogen and oxygen atoms in total. The fourth-order valence-corrected chi connectivity index (χ4v) is 5.05. The summed E-state index contributed by atoms with van der Waals surface area (Å²) in [6.45, 7) is 6.62. The predicted molar refractivity (Wildman–Crippen MR) is 93.8 cm³/mol. The topological polar surface area (TPSA) is 45.7 Å². The number of piperidine rings is 2. The summed E-state index contributed by atoms with van der Waals surface area (Å²) in [6.07, 6.45) is 7.70. The zero-order chi connectivity index (χ0) is 16.4. The molecule has 0 aromatic carbocycles. The van der Waals surface area contributed by atoms with Crippen molar-refractivity contribution in [3.8, 4) is 0 Å². The van der Waals surface area contributed by atoms with Gasteiger partial charge in [-0.25, -0.2) is 4.98 Å². The van der Waals surface area contributed by atoms with E-state index in [1.165, 1.54) is 43.8 Å². The van der Waals surface area contributed by atoms with Gasteiger partial charge in [0.1, 0.15) is 5.01 Å². The van der Waals surface area contributed by atoms with E-state index < -0.39 is 0 Å². The van der Waals surface area contributed by atoms with E-state index >= 15 is 0 Å². The summed E-state index contributed by atoms with van der Waals surface area (Å²) in [7, 11) is 0. The van der Waals surface area contributed by atoms with Gasteiger partial charge in [-0.2, -0.15) is 0 Å². The summed E-state index contributed by atoms with van der Waals surface area (Å²) >= 11 is 1.75. The summed E-state index contributed by atoms with van der Waals surface area (Å²) in [5.74, 6) is 0.461. The van der Waals surface area contributed by atoms with Gasteiger partial charge < -0.3 is 9.64 Å². The Balaban J connectivity index is 1.26. The highest BCUT2D eigenvalue weighted by Gasteiger charge is 2.39. The van der Waals surface area contributed by atoms with Crippen LogP contribution in [-0.4, -0.2) is 60.1 Å². The zero-order valence-electron chi connectivity index (χ0n) is 14.3. The van der Waals surface area contributed by atoms with Crippen LogP contribution < -0.4 is 0 Å². The van der Waals surface area contributed by atoms with Crippen molar-refractivity contribution in [3.05, 3.63) is 16.6 Å². The number of hydrogen-bond donors (Lipinski definition) is 0. The minimum absolute atomic E-state index is 0.124. The largest absolute Gasteiger partial charge is 0.381 e. The number of carbonyl (C=O) groups excluding carboxylic acids is 1. The first-order valence-corrected chi connectivity index (χ1v) is 10.1. The molecule has 1 spiro atoms. The Morgan fingerprint density at radius 3 is 2.62 bits per heavy atom. The summed E-state index contributed by atoms with van der Waals surface area (Å²) in [4.78, 5) is 21.6. The van der Waals surface area contributed by atoms with Crippen LogP contribution in [0.25, 0.3) is 0 Å². The van der Waals surface area contributed by atoms with Crippen molar-refractivity contribution in [2.24, 2.45) is 11.3 Å². The molecule has 3 fully saturated rings. The molecule has 0 aliphatic carbocycles. The van der Waals surface area contributed by atoms with Crippen LogP contribution in [0.1, 0.15) is 37.1 Å². The van der Waals surface area contributed by atoms with E-state index in [9.17, 15) is 4.79 Å². The second-order valence-corrected chi connectivity index (χ2v) is 8.57. The smallest absolute Gasteiger partial charge is 0.228 e. The fraction of sp³-hybridized carbons (Fsp3) is 0.778. The number of amides is 1. The molecule has 0 radical (unpaired) electrons. The van der Waals surface area contributed by atoms with Crippen LogP contribution in [0.5, 0.6) is 0 Å². The lowest BCUT2D eigenvalue weighted by atomic mass is 9.71. The average Bonchev–Trinajstić information content (AvgIpc) is 3.31. The number of carbonyl (C=O) groups is 1. The van der Waals surface area contributed by atoms with E-state index in [0.29, 0.717) is 17.9 Å². The van der Waals surface area contributed by atoms with Gasteiger partial charge in [-0.15, -0.1) is 11.3 Å². The van der Waals surface area contributed by atoms with Crippen LogP contribution in [-0.2, 0) is 16.1 Å². The molecule has 0 saturated carbocycles. The summed E-state index contributed by atoms with van der Waals surface area (Å²) in [5, 5.41) is 3.29. The van der Waals surface area contributed by atoms with Gasteiger partial charge in [0.25, 0.3) is 0 Å². The van der Waals surface area contributed by atoms with Gasteiger partial charge >= 0.3 is 0 Å². The van der Waals surface area contributed by atoms with Crippen molar-refractivity contribution in [3.63, 3.8) is 0 Å². The number of likely N-dealkylation sites (tertiary alicyclic amines) is 2. The molecule has 0 bridgehead atoms. The molecule has 1 amide bonds. The van der Waals surface area contributed by atoms with E-state index in [1.54, 1.807) is 11.3 Å². The minimum Gasteiger partial charge on any atom is -0.381 e. The Kier molecular flexibility index (Phi) is 4.88. The van der Waals surface area contributed by atoms with Gasteiger partial charge in [0.2, 0.25) is 5.91 Å². The molecule has 1 atom stereocenters. The van der Waals surface area contributed by atoms with Crippen LogP contribution in [0.15, 0.2) is 11.6 Å². The SMILES string of the molecule is O=C([C@H]1CCOC1)N1CCC2(CCN(Cc3nccs3)CC2)CC1. The molecule has 3 saturated heterocycles. The molecule has 0 unspecified atom stereocenters. The highest BCUT2D eigenvalue weighted by atomic mass is 32.1. The van der Waals surface area contributed by atoms with Crippen LogP contribution in [0.4, 0.5) is 0 Å². The van der Waals surface area contributed by atoms with Gasteiger partial charge in [0.05, 0.1) is 19.1 Å². The molecule has 4 heterocycles. The number of thiazole rings is 1. The average molecular weight is 350 g/mol. The van der Waals surface area contributed by atoms with Crippen molar-refractivity contribution in [1.82, 2.24) is 14.8 Å². The molecule has 1 aromatic heterocycles. The maximum atomic E-state index is 12.5. The Morgan fingerprint density at radius 1 is 1.25 bits per heavy atom. The van der Waals surface area contributed by atoms with E-state index in [1.807, 2.05) is 6.20 Å². The van der Waals surface area contributed by atoms with Crippen LogP contribution in [0, 0.1) is 11.3 Å². The highest BCUT2D eigenvalue weighted by molar-refractivity contribution is 7.09. The van der Waals surface area contributed by atoms with Crippen molar-refractivity contribution in [2.45, 2.75) is 38.6 Å². The second-order valence-electron chi connectivity index (χ2n) is 7.59.